The molecule has 0 amide bonds. The number of ketones is 1. The quantitative estimate of drug-likeness (QED) is 0.825. The van der Waals surface area contributed by atoms with Crippen LogP contribution in [0.2, 0.25) is 0 Å². The first-order chi connectivity index (χ1) is 8.75. The number of nitrogens with one attached hydrogen (secondary N) is 1. The Morgan fingerprint density at radius 3 is 2.72 bits per heavy atom. The van der Waals surface area contributed by atoms with Gasteiger partial charge in [0.1, 0.15) is 5.78 Å². The van der Waals surface area contributed by atoms with Crippen molar-refractivity contribution in [3.8, 4) is 0 Å². The molecule has 1 heterocycles. The van der Waals surface area contributed by atoms with Gasteiger partial charge in [-0.15, -0.1) is 5.10 Å². The fraction of sp³-hybridized carbons (Fsp3) is 0.750. The maximum atomic E-state index is 12.0. The zero-order chi connectivity index (χ0) is 12.5. The standard InChI is InChI=1S/C12H17N3O2S/c16-10(8-3-1-2-4-8)7-18-12-14-13-11(17)15(12)9-5-6-9/h8-9H,1-7H2,(H,13,17). The predicted octanol–water partition coefficient (Wildman–Crippen LogP) is 1.76. The van der Waals surface area contributed by atoms with Crippen molar-refractivity contribution in [2.75, 3.05) is 5.75 Å². The highest BCUT2D eigenvalue weighted by Gasteiger charge is 2.29. The van der Waals surface area contributed by atoms with Crippen LogP contribution in [0.4, 0.5) is 0 Å². The average molecular weight is 267 g/mol. The average Bonchev–Trinajstić information content (AvgIpc) is 2.92. The molecule has 1 aromatic heterocycles. The predicted molar refractivity (Wildman–Crippen MR) is 68.8 cm³/mol. The molecule has 0 spiro atoms. The Morgan fingerprint density at radius 1 is 1.33 bits per heavy atom. The normalized spacial score (nSPS) is 20.4. The van der Waals surface area contributed by atoms with Crippen LogP contribution < -0.4 is 5.69 Å². The van der Waals surface area contributed by atoms with Crippen LogP contribution in [0.25, 0.3) is 0 Å². The highest BCUT2D eigenvalue weighted by Crippen LogP contribution is 2.36. The number of aromatic nitrogens is 3. The summed E-state index contributed by atoms with van der Waals surface area (Å²) in [6.07, 6.45) is 6.52. The smallest absolute Gasteiger partial charge is 0.298 e. The van der Waals surface area contributed by atoms with E-state index in [-0.39, 0.29) is 11.6 Å². The number of thioether (sulfide) groups is 1. The Morgan fingerprint density at radius 2 is 2.06 bits per heavy atom. The van der Waals surface area contributed by atoms with Gasteiger partial charge in [-0.05, 0) is 25.7 Å². The number of H-pyrrole nitrogens is 1. The minimum Gasteiger partial charge on any atom is -0.298 e. The Kier molecular flexibility index (Phi) is 3.28. The molecule has 0 saturated heterocycles. The zero-order valence-electron chi connectivity index (χ0n) is 10.2. The largest absolute Gasteiger partial charge is 0.344 e. The SMILES string of the molecule is O=C(CSc1n[nH]c(=O)n1C1CC1)C1CCCC1. The molecule has 5 nitrogen and oxygen atoms in total. The second-order valence-electron chi connectivity index (χ2n) is 5.15. The van der Waals surface area contributed by atoms with Crippen molar-refractivity contribution in [1.29, 1.82) is 0 Å². The maximum Gasteiger partial charge on any atom is 0.344 e. The van der Waals surface area contributed by atoms with Crippen molar-refractivity contribution < 1.29 is 4.79 Å². The highest BCUT2D eigenvalue weighted by atomic mass is 32.2. The van der Waals surface area contributed by atoms with E-state index < -0.39 is 0 Å². The third-order valence-electron chi connectivity index (χ3n) is 3.74. The summed E-state index contributed by atoms with van der Waals surface area (Å²) in [5, 5.41) is 7.16. The van der Waals surface area contributed by atoms with E-state index in [1.807, 2.05) is 0 Å². The Labute approximate surface area is 109 Å². The molecule has 6 heteroatoms. The molecule has 18 heavy (non-hydrogen) atoms. The summed E-state index contributed by atoms with van der Waals surface area (Å²) in [7, 11) is 0. The van der Waals surface area contributed by atoms with Crippen molar-refractivity contribution in [1.82, 2.24) is 14.8 Å². The molecule has 2 aliphatic carbocycles. The van der Waals surface area contributed by atoms with Gasteiger partial charge in [0, 0.05) is 12.0 Å². The number of hydrogen-bond donors (Lipinski definition) is 1. The number of nitrogens with zero attached hydrogens (tertiary/aromatic N) is 2. The van der Waals surface area contributed by atoms with Gasteiger partial charge >= 0.3 is 5.69 Å². The van der Waals surface area contributed by atoms with E-state index in [0.717, 1.165) is 25.7 Å². The van der Waals surface area contributed by atoms with E-state index in [4.69, 9.17) is 0 Å². The van der Waals surface area contributed by atoms with E-state index in [2.05, 4.69) is 10.2 Å². The molecule has 98 valence electrons. The summed E-state index contributed by atoms with van der Waals surface area (Å²) in [5.74, 6) is 1.01. The molecular formula is C12H17N3O2S. The van der Waals surface area contributed by atoms with Gasteiger partial charge in [-0.2, -0.15) is 0 Å². The van der Waals surface area contributed by atoms with Gasteiger partial charge < -0.3 is 0 Å². The van der Waals surface area contributed by atoms with E-state index in [9.17, 15) is 9.59 Å². The van der Waals surface area contributed by atoms with Crippen molar-refractivity contribution in [3.05, 3.63) is 10.5 Å². The van der Waals surface area contributed by atoms with Crippen molar-refractivity contribution in [2.24, 2.45) is 5.92 Å². The van der Waals surface area contributed by atoms with E-state index >= 15 is 0 Å². The molecule has 0 unspecified atom stereocenters. The lowest BCUT2D eigenvalue weighted by Gasteiger charge is -2.07. The molecular weight excluding hydrogens is 250 g/mol. The number of carbonyl (C=O) groups is 1. The maximum absolute atomic E-state index is 12.0. The number of carbonyl (C=O) groups excluding carboxylic acids is 1. The lowest BCUT2D eigenvalue weighted by molar-refractivity contribution is -0.120. The molecule has 0 aromatic carbocycles. The van der Waals surface area contributed by atoms with E-state index in [0.29, 0.717) is 22.7 Å². The zero-order valence-corrected chi connectivity index (χ0v) is 11.0. The van der Waals surface area contributed by atoms with Crippen LogP contribution in [0, 0.1) is 5.92 Å². The van der Waals surface area contributed by atoms with Gasteiger partial charge in [0.05, 0.1) is 5.75 Å². The Balaban J connectivity index is 1.62. The van der Waals surface area contributed by atoms with E-state index in [1.54, 1.807) is 4.57 Å². The molecule has 2 saturated carbocycles. The molecule has 0 atom stereocenters. The van der Waals surface area contributed by atoms with Gasteiger partial charge in [0.15, 0.2) is 5.16 Å². The Bertz CT molecular complexity index is 498. The van der Waals surface area contributed by atoms with Gasteiger partial charge in [0.2, 0.25) is 0 Å². The molecule has 3 rings (SSSR count). The molecule has 0 aliphatic heterocycles. The summed E-state index contributed by atoms with van der Waals surface area (Å²) in [6, 6.07) is 0.306. The summed E-state index contributed by atoms with van der Waals surface area (Å²) in [4.78, 5) is 23.5. The lowest BCUT2D eigenvalue weighted by atomic mass is 10.0. The van der Waals surface area contributed by atoms with Gasteiger partial charge in [-0.1, -0.05) is 24.6 Å². The summed E-state index contributed by atoms with van der Waals surface area (Å²) >= 11 is 1.40. The first kappa shape index (κ1) is 12.0. The second-order valence-corrected chi connectivity index (χ2v) is 6.09. The van der Waals surface area contributed by atoms with Crippen LogP contribution in [0.15, 0.2) is 9.95 Å². The van der Waals surface area contributed by atoms with Crippen LogP contribution in [0.3, 0.4) is 0 Å². The minimum atomic E-state index is -0.145. The monoisotopic (exact) mass is 267 g/mol. The molecule has 2 fully saturated rings. The summed E-state index contributed by atoms with van der Waals surface area (Å²) in [5.41, 5.74) is -0.145. The summed E-state index contributed by atoms with van der Waals surface area (Å²) in [6.45, 7) is 0. The van der Waals surface area contributed by atoms with E-state index in [1.165, 1.54) is 24.6 Å². The van der Waals surface area contributed by atoms with Gasteiger partial charge in [-0.25, -0.2) is 9.89 Å². The molecule has 0 radical (unpaired) electrons. The summed E-state index contributed by atoms with van der Waals surface area (Å²) < 4.78 is 1.70. The minimum absolute atomic E-state index is 0.145. The topological polar surface area (TPSA) is 67.8 Å². The third-order valence-corrected chi connectivity index (χ3v) is 4.71. The van der Waals surface area contributed by atoms with Gasteiger partial charge in [0.25, 0.3) is 0 Å². The first-order valence-electron chi connectivity index (χ1n) is 6.58. The van der Waals surface area contributed by atoms with Crippen molar-refractivity contribution >= 4 is 17.5 Å². The highest BCUT2D eigenvalue weighted by molar-refractivity contribution is 7.99. The van der Waals surface area contributed by atoms with Crippen molar-refractivity contribution in [2.45, 2.75) is 49.7 Å². The molecule has 1 N–H and O–H groups in total. The fourth-order valence-corrected chi connectivity index (χ4v) is 3.54. The lowest BCUT2D eigenvalue weighted by Crippen LogP contribution is -2.17. The number of rotatable bonds is 5. The van der Waals surface area contributed by atoms with Crippen molar-refractivity contribution in [3.63, 3.8) is 0 Å². The van der Waals surface area contributed by atoms with Crippen LogP contribution in [0.5, 0.6) is 0 Å². The van der Waals surface area contributed by atoms with Crippen LogP contribution in [-0.2, 0) is 4.79 Å². The van der Waals surface area contributed by atoms with Crippen LogP contribution >= 0.6 is 11.8 Å². The number of Topliss-reactive ketones (excluding diaryl/α,β-unsaturated/α-hetero) is 1. The second kappa shape index (κ2) is 4.91. The first-order valence-corrected chi connectivity index (χ1v) is 7.56. The third kappa shape index (κ3) is 2.39. The fourth-order valence-electron chi connectivity index (χ4n) is 2.55. The van der Waals surface area contributed by atoms with Crippen LogP contribution in [0.1, 0.15) is 44.6 Å². The number of hydrogen-bond acceptors (Lipinski definition) is 4. The number of aromatic amines is 1. The Hall–Kier alpha value is -1.04. The molecule has 2 aliphatic rings. The van der Waals surface area contributed by atoms with Crippen LogP contribution in [-0.4, -0.2) is 26.3 Å². The van der Waals surface area contributed by atoms with Gasteiger partial charge in [-0.3, -0.25) is 9.36 Å². The molecule has 1 aromatic rings. The molecule has 0 bridgehead atoms.